The molecule has 0 bridgehead atoms. The van der Waals surface area contributed by atoms with Gasteiger partial charge in [0, 0.05) is 11.1 Å². The topological polar surface area (TPSA) is 73.6 Å². The van der Waals surface area contributed by atoms with E-state index in [1.807, 2.05) is 25.1 Å². The number of hydrogen-bond acceptors (Lipinski definition) is 4. The molecule has 0 aliphatic heterocycles. The van der Waals surface area contributed by atoms with Crippen molar-refractivity contribution in [3.05, 3.63) is 59.2 Å². The first-order valence-corrected chi connectivity index (χ1v) is 8.35. The van der Waals surface area contributed by atoms with Gasteiger partial charge in [-0.05, 0) is 42.2 Å². The first-order chi connectivity index (χ1) is 11.9. The molecule has 0 aliphatic carbocycles. The Morgan fingerprint density at radius 3 is 2.44 bits per heavy atom. The van der Waals surface area contributed by atoms with Gasteiger partial charge in [-0.15, -0.1) is 0 Å². The van der Waals surface area contributed by atoms with Crippen LogP contribution in [0.2, 0.25) is 0 Å². The van der Waals surface area contributed by atoms with E-state index in [1.165, 1.54) is 0 Å². The number of para-hydroxylation sites is 1. The highest BCUT2D eigenvalue weighted by molar-refractivity contribution is 5.94. The Morgan fingerprint density at radius 1 is 1.08 bits per heavy atom. The minimum absolute atomic E-state index is 0.0272. The number of nitrogen functional groups attached to an aromatic ring is 1. The molecule has 0 heterocycles. The van der Waals surface area contributed by atoms with Crippen molar-refractivity contribution >= 4 is 5.91 Å². The molecule has 1 amide bonds. The number of carbonyl (C=O) groups is 1. The second-order valence-electron chi connectivity index (χ2n) is 6.76. The monoisotopic (exact) mass is 342 g/mol. The number of rotatable bonds is 6. The van der Waals surface area contributed by atoms with Crippen LogP contribution in [0.1, 0.15) is 49.2 Å². The maximum absolute atomic E-state index is 11.8. The minimum atomic E-state index is -0.348. The molecule has 0 aromatic heterocycles. The smallest absolute Gasteiger partial charge is 0.265 e. The van der Waals surface area contributed by atoms with Crippen LogP contribution in [0, 0.1) is 0 Å². The van der Waals surface area contributed by atoms with Gasteiger partial charge in [-0.25, -0.2) is 5.84 Å². The molecule has 0 saturated heterocycles. The molecule has 5 nitrogen and oxygen atoms in total. The maximum Gasteiger partial charge on any atom is 0.265 e. The van der Waals surface area contributed by atoms with Gasteiger partial charge in [-0.3, -0.25) is 10.2 Å². The summed E-state index contributed by atoms with van der Waals surface area (Å²) in [5, 5.41) is 0. The average molecular weight is 342 g/mol. The van der Waals surface area contributed by atoms with Crippen LogP contribution < -0.4 is 20.7 Å². The summed E-state index contributed by atoms with van der Waals surface area (Å²) in [7, 11) is 0. The SMILES string of the molecule is CCOc1ccc(C(=O)NN)cc1COc1ccccc1C(C)(C)C. The standard InChI is InChI=1S/C20H26N2O3/c1-5-24-17-11-10-14(19(23)22-21)12-15(17)13-25-18-9-7-6-8-16(18)20(2,3)4/h6-12H,5,13,21H2,1-4H3,(H,22,23). The van der Waals surface area contributed by atoms with Crippen LogP contribution in [0.4, 0.5) is 0 Å². The molecule has 134 valence electrons. The normalized spacial score (nSPS) is 11.1. The molecule has 2 aromatic rings. The molecule has 25 heavy (non-hydrogen) atoms. The Hall–Kier alpha value is -2.53. The van der Waals surface area contributed by atoms with E-state index in [-0.39, 0.29) is 11.3 Å². The third-order valence-electron chi connectivity index (χ3n) is 3.83. The summed E-state index contributed by atoms with van der Waals surface area (Å²) in [6.45, 7) is 9.19. The number of ether oxygens (including phenoxy) is 2. The largest absolute Gasteiger partial charge is 0.493 e. The van der Waals surface area contributed by atoms with E-state index in [1.54, 1.807) is 18.2 Å². The fourth-order valence-corrected chi connectivity index (χ4v) is 2.58. The average Bonchev–Trinajstić information content (AvgIpc) is 2.59. The van der Waals surface area contributed by atoms with Gasteiger partial charge in [0.2, 0.25) is 0 Å². The third kappa shape index (κ3) is 4.73. The lowest BCUT2D eigenvalue weighted by atomic mass is 9.86. The number of amides is 1. The summed E-state index contributed by atoms with van der Waals surface area (Å²) in [6.07, 6.45) is 0. The van der Waals surface area contributed by atoms with Gasteiger partial charge in [-0.1, -0.05) is 39.0 Å². The quantitative estimate of drug-likeness (QED) is 0.478. The molecule has 0 radical (unpaired) electrons. The van der Waals surface area contributed by atoms with Gasteiger partial charge >= 0.3 is 0 Å². The summed E-state index contributed by atoms with van der Waals surface area (Å²) in [5.74, 6) is 6.40. The number of carbonyl (C=O) groups excluding carboxylic acids is 1. The highest BCUT2D eigenvalue weighted by atomic mass is 16.5. The fourth-order valence-electron chi connectivity index (χ4n) is 2.58. The van der Waals surface area contributed by atoms with Crippen LogP contribution in [0.3, 0.4) is 0 Å². The van der Waals surface area contributed by atoms with Gasteiger partial charge in [0.15, 0.2) is 0 Å². The molecule has 0 aliphatic rings. The van der Waals surface area contributed by atoms with Gasteiger partial charge in [0.05, 0.1) is 6.61 Å². The van der Waals surface area contributed by atoms with Crippen molar-refractivity contribution in [2.24, 2.45) is 5.84 Å². The lowest BCUT2D eigenvalue weighted by Crippen LogP contribution is -2.30. The lowest BCUT2D eigenvalue weighted by Gasteiger charge is -2.23. The van der Waals surface area contributed by atoms with Crippen molar-refractivity contribution in [1.82, 2.24) is 5.43 Å². The zero-order chi connectivity index (χ0) is 18.4. The lowest BCUT2D eigenvalue weighted by molar-refractivity contribution is 0.0953. The van der Waals surface area contributed by atoms with Gasteiger partial charge in [0.25, 0.3) is 5.91 Å². The van der Waals surface area contributed by atoms with Crippen molar-refractivity contribution < 1.29 is 14.3 Å². The zero-order valence-electron chi connectivity index (χ0n) is 15.3. The van der Waals surface area contributed by atoms with Crippen LogP contribution >= 0.6 is 0 Å². The van der Waals surface area contributed by atoms with Crippen LogP contribution in [0.5, 0.6) is 11.5 Å². The molecule has 2 aromatic carbocycles. The van der Waals surface area contributed by atoms with Crippen LogP contribution in [0.25, 0.3) is 0 Å². The van der Waals surface area contributed by atoms with Crippen molar-refractivity contribution in [3.63, 3.8) is 0 Å². The predicted molar refractivity (Wildman–Crippen MR) is 98.7 cm³/mol. The van der Waals surface area contributed by atoms with Gasteiger partial charge in [-0.2, -0.15) is 0 Å². The van der Waals surface area contributed by atoms with Crippen LogP contribution in [-0.2, 0) is 12.0 Å². The Kier molecular flexibility index (Phi) is 6.04. The highest BCUT2D eigenvalue weighted by Crippen LogP contribution is 2.32. The molecular weight excluding hydrogens is 316 g/mol. The van der Waals surface area contributed by atoms with E-state index in [0.717, 1.165) is 16.9 Å². The molecule has 0 atom stereocenters. The highest BCUT2D eigenvalue weighted by Gasteiger charge is 2.19. The number of nitrogens with one attached hydrogen (secondary N) is 1. The Bertz CT molecular complexity index is 736. The first kappa shape index (κ1) is 18.8. The van der Waals surface area contributed by atoms with E-state index < -0.39 is 0 Å². The van der Waals surface area contributed by atoms with Crippen LogP contribution in [-0.4, -0.2) is 12.5 Å². The Balaban J connectivity index is 2.29. The molecule has 2 rings (SSSR count). The van der Waals surface area contributed by atoms with Gasteiger partial charge in [0.1, 0.15) is 18.1 Å². The summed E-state index contributed by atoms with van der Waals surface area (Å²) < 4.78 is 11.7. The van der Waals surface area contributed by atoms with E-state index in [9.17, 15) is 4.79 Å². The van der Waals surface area contributed by atoms with E-state index in [2.05, 4.69) is 32.3 Å². The van der Waals surface area contributed by atoms with Crippen molar-refractivity contribution in [1.29, 1.82) is 0 Å². The van der Waals surface area contributed by atoms with Crippen molar-refractivity contribution in [3.8, 4) is 11.5 Å². The number of hydrazine groups is 1. The first-order valence-electron chi connectivity index (χ1n) is 8.35. The Labute approximate surface area is 149 Å². The number of nitrogens with two attached hydrogens (primary N) is 1. The number of hydrogen-bond donors (Lipinski definition) is 2. The fraction of sp³-hybridized carbons (Fsp3) is 0.350. The van der Waals surface area contributed by atoms with Crippen LogP contribution in [0.15, 0.2) is 42.5 Å². The molecule has 3 N–H and O–H groups in total. The van der Waals surface area contributed by atoms with E-state index >= 15 is 0 Å². The maximum atomic E-state index is 11.8. The summed E-state index contributed by atoms with van der Waals surface area (Å²) in [5.41, 5.74) is 4.51. The minimum Gasteiger partial charge on any atom is -0.493 e. The third-order valence-corrected chi connectivity index (χ3v) is 3.83. The molecule has 0 unspecified atom stereocenters. The second kappa shape index (κ2) is 8.03. The molecule has 0 saturated carbocycles. The summed E-state index contributed by atoms with van der Waals surface area (Å²) in [6, 6.07) is 13.2. The van der Waals surface area contributed by atoms with Gasteiger partial charge < -0.3 is 9.47 Å². The summed E-state index contributed by atoms with van der Waals surface area (Å²) in [4.78, 5) is 11.8. The molecule has 5 heteroatoms. The Morgan fingerprint density at radius 2 is 1.80 bits per heavy atom. The zero-order valence-corrected chi connectivity index (χ0v) is 15.3. The second-order valence-corrected chi connectivity index (χ2v) is 6.76. The van der Waals surface area contributed by atoms with E-state index in [4.69, 9.17) is 15.3 Å². The summed E-state index contributed by atoms with van der Waals surface area (Å²) >= 11 is 0. The van der Waals surface area contributed by atoms with Crippen molar-refractivity contribution in [2.45, 2.75) is 39.7 Å². The molecular formula is C20H26N2O3. The predicted octanol–water partition coefficient (Wildman–Crippen LogP) is 3.57. The van der Waals surface area contributed by atoms with Crippen molar-refractivity contribution in [2.75, 3.05) is 6.61 Å². The van der Waals surface area contributed by atoms with E-state index in [0.29, 0.717) is 24.5 Å². The number of benzene rings is 2. The molecule has 0 fully saturated rings. The molecule has 0 spiro atoms.